The van der Waals surface area contributed by atoms with Gasteiger partial charge in [-0.25, -0.2) is 4.39 Å². The molecule has 0 spiro atoms. The summed E-state index contributed by atoms with van der Waals surface area (Å²) in [4.78, 5) is 0. The molecule has 1 N–H and O–H groups in total. The fourth-order valence-corrected chi connectivity index (χ4v) is 2.31. The molecule has 1 nitrogen and oxygen atoms in total. The van der Waals surface area contributed by atoms with Gasteiger partial charge in [0.1, 0.15) is 5.82 Å². The van der Waals surface area contributed by atoms with Crippen molar-refractivity contribution in [3.63, 3.8) is 0 Å². The molecule has 1 saturated carbocycles. The van der Waals surface area contributed by atoms with Crippen LogP contribution in [-0.4, -0.2) is 6.54 Å². The van der Waals surface area contributed by atoms with Crippen molar-refractivity contribution in [1.82, 2.24) is 5.32 Å². The van der Waals surface area contributed by atoms with E-state index < -0.39 is 0 Å². The van der Waals surface area contributed by atoms with Crippen molar-refractivity contribution in [3.8, 4) is 0 Å². The molecule has 3 heteroatoms. The maximum absolute atomic E-state index is 13.1. The Hall–Kier alpha value is -0.410. The standard InChI is InChI=1S/C12H15BrFN/c1-2-15-12(8-3-4-8)9-5-6-11(14)10(13)7-9/h5-8,12,15H,2-4H2,1H3. The maximum Gasteiger partial charge on any atom is 0.137 e. The molecule has 0 heterocycles. The van der Waals surface area contributed by atoms with Gasteiger partial charge < -0.3 is 5.32 Å². The minimum absolute atomic E-state index is 0.190. The Bertz CT molecular complexity index is 349. The van der Waals surface area contributed by atoms with E-state index in [1.165, 1.54) is 24.5 Å². The van der Waals surface area contributed by atoms with Crippen molar-refractivity contribution in [2.75, 3.05) is 6.54 Å². The summed E-state index contributed by atoms with van der Waals surface area (Å²) < 4.78 is 13.7. The Kier molecular flexibility index (Phi) is 3.42. The predicted octanol–water partition coefficient (Wildman–Crippen LogP) is 3.65. The van der Waals surface area contributed by atoms with Gasteiger partial charge in [-0.1, -0.05) is 13.0 Å². The molecule has 0 saturated heterocycles. The topological polar surface area (TPSA) is 12.0 Å². The lowest BCUT2D eigenvalue weighted by Crippen LogP contribution is -2.22. The molecule has 0 amide bonds. The largest absolute Gasteiger partial charge is 0.310 e. The third kappa shape index (κ3) is 2.58. The van der Waals surface area contributed by atoms with E-state index in [0.717, 1.165) is 12.5 Å². The van der Waals surface area contributed by atoms with Gasteiger partial charge in [0, 0.05) is 6.04 Å². The van der Waals surface area contributed by atoms with E-state index in [-0.39, 0.29) is 5.82 Å². The van der Waals surface area contributed by atoms with Crippen LogP contribution in [0.5, 0.6) is 0 Å². The van der Waals surface area contributed by atoms with Gasteiger partial charge in [0.2, 0.25) is 0 Å². The average molecular weight is 272 g/mol. The van der Waals surface area contributed by atoms with Crippen LogP contribution in [0.2, 0.25) is 0 Å². The van der Waals surface area contributed by atoms with E-state index in [1.807, 2.05) is 12.1 Å². The Morgan fingerprint density at radius 1 is 1.53 bits per heavy atom. The van der Waals surface area contributed by atoms with Crippen LogP contribution in [0.4, 0.5) is 4.39 Å². The molecular formula is C12H15BrFN. The molecule has 15 heavy (non-hydrogen) atoms. The van der Waals surface area contributed by atoms with Crippen LogP contribution in [0, 0.1) is 11.7 Å². The molecule has 0 aromatic heterocycles. The first-order chi connectivity index (χ1) is 7.22. The molecule has 1 aliphatic carbocycles. The van der Waals surface area contributed by atoms with E-state index in [0.29, 0.717) is 10.5 Å². The number of benzene rings is 1. The highest BCUT2D eigenvalue weighted by Crippen LogP contribution is 2.41. The molecule has 1 atom stereocenters. The van der Waals surface area contributed by atoms with Crippen molar-refractivity contribution >= 4 is 15.9 Å². The molecule has 1 unspecified atom stereocenters. The van der Waals surface area contributed by atoms with Crippen LogP contribution in [0.3, 0.4) is 0 Å². The van der Waals surface area contributed by atoms with E-state index in [4.69, 9.17) is 0 Å². The molecule has 1 fully saturated rings. The van der Waals surface area contributed by atoms with Crippen LogP contribution in [0.15, 0.2) is 22.7 Å². The summed E-state index contributed by atoms with van der Waals surface area (Å²) >= 11 is 3.23. The molecule has 1 aromatic carbocycles. The first kappa shape index (κ1) is 11.1. The second-order valence-corrected chi connectivity index (χ2v) is 4.90. The molecule has 0 aliphatic heterocycles. The Balaban J connectivity index is 2.21. The minimum atomic E-state index is -0.190. The summed E-state index contributed by atoms with van der Waals surface area (Å²) in [6.45, 7) is 3.06. The zero-order valence-electron chi connectivity index (χ0n) is 8.76. The van der Waals surface area contributed by atoms with Crippen molar-refractivity contribution in [1.29, 1.82) is 0 Å². The van der Waals surface area contributed by atoms with E-state index >= 15 is 0 Å². The average Bonchev–Trinajstić information content (AvgIpc) is 3.02. The van der Waals surface area contributed by atoms with Gasteiger partial charge in [-0.05, 0) is 58.9 Å². The van der Waals surface area contributed by atoms with Gasteiger partial charge in [0.05, 0.1) is 4.47 Å². The highest BCUT2D eigenvalue weighted by molar-refractivity contribution is 9.10. The smallest absolute Gasteiger partial charge is 0.137 e. The van der Waals surface area contributed by atoms with E-state index in [9.17, 15) is 4.39 Å². The van der Waals surface area contributed by atoms with Gasteiger partial charge in [-0.3, -0.25) is 0 Å². The SMILES string of the molecule is CCNC(c1ccc(F)c(Br)c1)C1CC1. The zero-order valence-corrected chi connectivity index (χ0v) is 10.3. The highest BCUT2D eigenvalue weighted by Gasteiger charge is 2.31. The fourth-order valence-electron chi connectivity index (χ4n) is 1.91. The summed E-state index contributed by atoms with van der Waals surface area (Å²) in [5.74, 6) is 0.548. The number of hydrogen-bond donors (Lipinski definition) is 1. The molecule has 0 radical (unpaired) electrons. The van der Waals surface area contributed by atoms with Gasteiger partial charge in [0.15, 0.2) is 0 Å². The van der Waals surface area contributed by atoms with Gasteiger partial charge in [0.25, 0.3) is 0 Å². The summed E-state index contributed by atoms with van der Waals surface area (Å²) in [6.07, 6.45) is 2.57. The summed E-state index contributed by atoms with van der Waals surface area (Å²) in [5.41, 5.74) is 1.19. The van der Waals surface area contributed by atoms with Crippen molar-refractivity contribution < 1.29 is 4.39 Å². The van der Waals surface area contributed by atoms with Crippen LogP contribution < -0.4 is 5.32 Å². The third-order valence-electron chi connectivity index (χ3n) is 2.82. The second kappa shape index (κ2) is 4.62. The number of hydrogen-bond acceptors (Lipinski definition) is 1. The predicted molar refractivity (Wildman–Crippen MR) is 63.2 cm³/mol. The van der Waals surface area contributed by atoms with Gasteiger partial charge >= 0.3 is 0 Å². The number of rotatable bonds is 4. The van der Waals surface area contributed by atoms with Gasteiger partial charge in [-0.2, -0.15) is 0 Å². The summed E-state index contributed by atoms with van der Waals surface area (Å²) in [6, 6.07) is 5.70. The molecular weight excluding hydrogens is 257 g/mol. The van der Waals surface area contributed by atoms with Crippen LogP contribution in [-0.2, 0) is 0 Å². The monoisotopic (exact) mass is 271 g/mol. The lowest BCUT2D eigenvalue weighted by molar-refractivity contribution is 0.494. The number of halogens is 2. The molecule has 0 bridgehead atoms. The number of nitrogens with one attached hydrogen (secondary N) is 1. The first-order valence-corrected chi connectivity index (χ1v) is 6.20. The summed E-state index contributed by atoms with van der Waals surface area (Å²) in [5, 5.41) is 3.46. The molecule has 1 aromatic rings. The van der Waals surface area contributed by atoms with E-state index in [1.54, 1.807) is 0 Å². The minimum Gasteiger partial charge on any atom is -0.310 e. The highest BCUT2D eigenvalue weighted by atomic mass is 79.9. The fraction of sp³-hybridized carbons (Fsp3) is 0.500. The van der Waals surface area contributed by atoms with E-state index in [2.05, 4.69) is 28.2 Å². The Morgan fingerprint density at radius 3 is 2.80 bits per heavy atom. The lowest BCUT2D eigenvalue weighted by Gasteiger charge is -2.18. The van der Waals surface area contributed by atoms with Gasteiger partial charge in [-0.15, -0.1) is 0 Å². The molecule has 82 valence electrons. The van der Waals surface area contributed by atoms with Crippen LogP contribution >= 0.6 is 15.9 Å². The quantitative estimate of drug-likeness (QED) is 0.882. The summed E-state index contributed by atoms with van der Waals surface area (Å²) in [7, 11) is 0. The third-order valence-corrected chi connectivity index (χ3v) is 3.43. The maximum atomic E-state index is 13.1. The van der Waals surface area contributed by atoms with Crippen molar-refractivity contribution in [2.24, 2.45) is 5.92 Å². The second-order valence-electron chi connectivity index (χ2n) is 4.05. The zero-order chi connectivity index (χ0) is 10.8. The first-order valence-electron chi connectivity index (χ1n) is 5.40. The van der Waals surface area contributed by atoms with Crippen LogP contribution in [0.25, 0.3) is 0 Å². The van der Waals surface area contributed by atoms with Crippen molar-refractivity contribution in [3.05, 3.63) is 34.1 Å². The van der Waals surface area contributed by atoms with Crippen molar-refractivity contribution in [2.45, 2.75) is 25.8 Å². The molecule has 2 rings (SSSR count). The molecule has 1 aliphatic rings. The van der Waals surface area contributed by atoms with Crippen LogP contribution in [0.1, 0.15) is 31.4 Å². The normalized spacial score (nSPS) is 17.8. The Morgan fingerprint density at radius 2 is 2.27 bits per heavy atom. The Labute approximate surface area is 98.2 Å². The lowest BCUT2D eigenvalue weighted by atomic mass is 10.0.